The van der Waals surface area contributed by atoms with E-state index in [1.54, 1.807) is 40.1 Å². The van der Waals surface area contributed by atoms with Crippen molar-refractivity contribution in [1.29, 1.82) is 0 Å². The van der Waals surface area contributed by atoms with Crippen molar-refractivity contribution in [3.05, 3.63) is 43.0 Å². The highest BCUT2D eigenvalue weighted by Crippen LogP contribution is 2.22. The Labute approximate surface area is 166 Å². The second-order valence-electron chi connectivity index (χ2n) is 7.22. The van der Waals surface area contributed by atoms with Gasteiger partial charge in [0.1, 0.15) is 0 Å². The molecule has 2 aliphatic heterocycles. The van der Waals surface area contributed by atoms with Gasteiger partial charge in [-0.3, -0.25) is 9.59 Å². The first-order valence-electron chi connectivity index (χ1n) is 9.69. The van der Waals surface area contributed by atoms with Crippen molar-refractivity contribution in [3.8, 4) is 0 Å². The first-order chi connectivity index (χ1) is 13.4. The number of piperidine rings is 1. The Kier molecular flexibility index (Phi) is 6.51. The molecular weight excluding hydrogens is 378 g/mol. The molecule has 28 heavy (non-hydrogen) atoms. The number of hydrogen-bond acceptors (Lipinski definition) is 4. The average Bonchev–Trinajstić information content (AvgIpc) is 3.00. The Hall–Kier alpha value is -2.19. The Morgan fingerprint density at radius 2 is 1.68 bits per heavy atom. The van der Waals surface area contributed by atoms with Crippen LogP contribution in [0.1, 0.15) is 19.3 Å². The third-order valence-corrected chi connectivity index (χ3v) is 7.32. The molecule has 3 rings (SSSR count). The van der Waals surface area contributed by atoms with Crippen molar-refractivity contribution in [2.75, 3.05) is 39.3 Å². The Morgan fingerprint density at radius 1 is 0.964 bits per heavy atom. The SMILES string of the molecule is C=CC(=O)N1CCCC(C(=O)N2CCCN(S(=O)(=O)c3ccccc3)CC2)C1. The van der Waals surface area contributed by atoms with E-state index in [0.717, 1.165) is 12.8 Å². The fourth-order valence-corrected chi connectivity index (χ4v) is 5.35. The van der Waals surface area contributed by atoms with Gasteiger partial charge in [-0.25, -0.2) is 8.42 Å². The number of sulfonamides is 1. The zero-order chi connectivity index (χ0) is 20.1. The van der Waals surface area contributed by atoms with Crippen LogP contribution in [0.5, 0.6) is 0 Å². The van der Waals surface area contributed by atoms with Gasteiger partial charge in [0, 0.05) is 39.3 Å². The predicted molar refractivity (Wildman–Crippen MR) is 106 cm³/mol. The van der Waals surface area contributed by atoms with E-state index in [-0.39, 0.29) is 29.2 Å². The molecule has 152 valence electrons. The summed E-state index contributed by atoms with van der Waals surface area (Å²) in [6, 6.07) is 8.39. The lowest BCUT2D eigenvalue weighted by atomic mass is 9.96. The van der Waals surface area contributed by atoms with Crippen LogP contribution in [0.25, 0.3) is 0 Å². The third-order valence-electron chi connectivity index (χ3n) is 5.40. The molecule has 1 unspecified atom stereocenters. The van der Waals surface area contributed by atoms with E-state index >= 15 is 0 Å². The van der Waals surface area contributed by atoms with Gasteiger partial charge in [-0.2, -0.15) is 4.31 Å². The summed E-state index contributed by atoms with van der Waals surface area (Å²) in [7, 11) is -3.55. The number of amides is 2. The summed E-state index contributed by atoms with van der Waals surface area (Å²) >= 11 is 0. The summed E-state index contributed by atoms with van der Waals surface area (Å²) < 4.78 is 27.1. The van der Waals surface area contributed by atoms with Crippen molar-refractivity contribution in [1.82, 2.24) is 14.1 Å². The minimum atomic E-state index is -3.55. The smallest absolute Gasteiger partial charge is 0.245 e. The van der Waals surface area contributed by atoms with Crippen molar-refractivity contribution < 1.29 is 18.0 Å². The molecule has 2 heterocycles. The molecule has 0 N–H and O–H groups in total. The van der Waals surface area contributed by atoms with Gasteiger partial charge in [0.15, 0.2) is 0 Å². The third kappa shape index (κ3) is 4.44. The maximum Gasteiger partial charge on any atom is 0.245 e. The number of nitrogens with zero attached hydrogens (tertiary/aromatic N) is 3. The molecular formula is C20H27N3O4S. The second kappa shape index (κ2) is 8.87. The molecule has 0 aromatic heterocycles. The Balaban J connectivity index is 1.64. The van der Waals surface area contributed by atoms with E-state index in [9.17, 15) is 18.0 Å². The monoisotopic (exact) mass is 405 g/mol. The lowest BCUT2D eigenvalue weighted by Crippen LogP contribution is -2.47. The largest absolute Gasteiger partial charge is 0.341 e. The molecule has 0 spiro atoms. The summed E-state index contributed by atoms with van der Waals surface area (Å²) in [6.45, 7) is 6.16. The van der Waals surface area contributed by atoms with Crippen molar-refractivity contribution in [2.24, 2.45) is 5.92 Å². The standard InChI is InChI=1S/C20H27N3O4S/c1-2-19(24)22-11-6-8-17(16-22)20(25)21-12-7-13-23(15-14-21)28(26,27)18-9-4-3-5-10-18/h2-5,9-10,17H,1,6-8,11-16H2. The second-order valence-corrected chi connectivity index (χ2v) is 9.16. The maximum absolute atomic E-state index is 13.0. The summed E-state index contributed by atoms with van der Waals surface area (Å²) in [5.74, 6) is -0.357. The van der Waals surface area contributed by atoms with Crippen molar-refractivity contribution >= 4 is 21.8 Å². The first kappa shape index (κ1) is 20.5. The maximum atomic E-state index is 13.0. The molecule has 2 saturated heterocycles. The van der Waals surface area contributed by atoms with E-state index in [1.807, 2.05) is 0 Å². The van der Waals surface area contributed by atoms with E-state index in [2.05, 4.69) is 6.58 Å². The quantitative estimate of drug-likeness (QED) is 0.708. The van der Waals surface area contributed by atoms with Crippen LogP contribution in [-0.2, 0) is 19.6 Å². The van der Waals surface area contributed by atoms with Gasteiger partial charge in [-0.05, 0) is 37.5 Å². The van der Waals surface area contributed by atoms with Crippen LogP contribution in [0.4, 0.5) is 0 Å². The van der Waals surface area contributed by atoms with Gasteiger partial charge < -0.3 is 9.80 Å². The Bertz CT molecular complexity index is 825. The zero-order valence-electron chi connectivity index (χ0n) is 16.0. The van der Waals surface area contributed by atoms with Crippen molar-refractivity contribution in [3.63, 3.8) is 0 Å². The molecule has 8 heteroatoms. The number of rotatable bonds is 4. The first-order valence-corrected chi connectivity index (χ1v) is 11.1. The molecule has 0 bridgehead atoms. The fraction of sp³-hybridized carbons (Fsp3) is 0.500. The highest BCUT2D eigenvalue weighted by molar-refractivity contribution is 7.89. The van der Waals surface area contributed by atoms with Gasteiger partial charge in [0.25, 0.3) is 0 Å². The summed E-state index contributed by atoms with van der Waals surface area (Å²) in [4.78, 5) is 28.6. The molecule has 0 saturated carbocycles. The molecule has 1 atom stereocenters. The number of carbonyl (C=O) groups is 2. The molecule has 2 aliphatic rings. The van der Waals surface area contributed by atoms with Gasteiger partial charge in [-0.15, -0.1) is 0 Å². The van der Waals surface area contributed by atoms with Gasteiger partial charge >= 0.3 is 0 Å². The van der Waals surface area contributed by atoms with E-state index < -0.39 is 10.0 Å². The predicted octanol–water partition coefficient (Wildman–Crippen LogP) is 1.33. The summed E-state index contributed by atoms with van der Waals surface area (Å²) in [5.41, 5.74) is 0. The number of benzene rings is 1. The molecule has 0 aliphatic carbocycles. The minimum absolute atomic E-state index is 0.0144. The lowest BCUT2D eigenvalue weighted by Gasteiger charge is -2.34. The molecule has 1 aromatic carbocycles. The number of likely N-dealkylation sites (tertiary alicyclic amines) is 1. The molecule has 7 nitrogen and oxygen atoms in total. The van der Waals surface area contributed by atoms with Gasteiger partial charge in [0.05, 0.1) is 10.8 Å². The molecule has 2 fully saturated rings. The van der Waals surface area contributed by atoms with Crippen LogP contribution in [-0.4, -0.2) is 73.6 Å². The van der Waals surface area contributed by atoms with Crippen LogP contribution in [0, 0.1) is 5.92 Å². The molecule has 1 aromatic rings. The molecule has 2 amide bonds. The summed E-state index contributed by atoms with van der Waals surface area (Å²) in [5, 5.41) is 0. The average molecular weight is 406 g/mol. The normalized spacial score (nSPS) is 21.8. The van der Waals surface area contributed by atoms with E-state index in [0.29, 0.717) is 39.1 Å². The highest BCUT2D eigenvalue weighted by Gasteiger charge is 2.33. The van der Waals surface area contributed by atoms with Gasteiger partial charge in [-0.1, -0.05) is 24.8 Å². The fourth-order valence-electron chi connectivity index (χ4n) is 3.86. The minimum Gasteiger partial charge on any atom is -0.341 e. The molecule has 0 radical (unpaired) electrons. The highest BCUT2D eigenvalue weighted by atomic mass is 32.2. The van der Waals surface area contributed by atoms with Crippen LogP contribution < -0.4 is 0 Å². The number of hydrogen-bond donors (Lipinski definition) is 0. The van der Waals surface area contributed by atoms with Crippen LogP contribution >= 0.6 is 0 Å². The Morgan fingerprint density at radius 3 is 2.39 bits per heavy atom. The van der Waals surface area contributed by atoms with Crippen LogP contribution in [0.3, 0.4) is 0 Å². The lowest BCUT2D eigenvalue weighted by molar-refractivity contribution is -0.139. The van der Waals surface area contributed by atoms with Crippen molar-refractivity contribution in [2.45, 2.75) is 24.2 Å². The van der Waals surface area contributed by atoms with E-state index in [4.69, 9.17) is 0 Å². The van der Waals surface area contributed by atoms with Crippen LogP contribution in [0.15, 0.2) is 47.9 Å². The number of carbonyl (C=O) groups excluding carboxylic acids is 2. The van der Waals surface area contributed by atoms with Gasteiger partial charge in [0.2, 0.25) is 21.8 Å². The van der Waals surface area contributed by atoms with E-state index in [1.165, 1.54) is 10.4 Å². The summed E-state index contributed by atoms with van der Waals surface area (Å²) in [6.07, 6.45) is 3.42. The zero-order valence-corrected chi connectivity index (χ0v) is 16.8. The topological polar surface area (TPSA) is 78.0 Å². The van der Waals surface area contributed by atoms with Crippen LogP contribution in [0.2, 0.25) is 0 Å².